The number of piperazine rings is 1. The Morgan fingerprint density at radius 2 is 1.97 bits per heavy atom. The van der Waals surface area contributed by atoms with Crippen molar-refractivity contribution in [1.29, 1.82) is 0 Å². The van der Waals surface area contributed by atoms with Crippen molar-refractivity contribution in [2.75, 3.05) is 30.3 Å². The van der Waals surface area contributed by atoms with Crippen molar-refractivity contribution in [1.82, 2.24) is 34.6 Å². The molecule has 152 valence electrons. The van der Waals surface area contributed by atoms with Gasteiger partial charge in [0, 0.05) is 50.1 Å². The molecule has 3 aromatic heterocycles. The average molecular weight is 397 g/mol. The number of nitrogens with zero attached hydrogens (tertiary/aromatic N) is 7. The molecule has 2 aliphatic heterocycles. The maximum Gasteiger partial charge on any atom is 0.324 e. The highest BCUT2D eigenvalue weighted by Gasteiger charge is 2.42. The minimum absolute atomic E-state index is 0.279. The van der Waals surface area contributed by atoms with E-state index in [4.69, 9.17) is 10.7 Å². The first-order chi connectivity index (χ1) is 14.0. The quantitative estimate of drug-likeness (QED) is 0.602. The topological polar surface area (TPSA) is 127 Å². The van der Waals surface area contributed by atoms with Crippen LogP contribution in [0.2, 0.25) is 0 Å². The molecule has 29 heavy (non-hydrogen) atoms. The number of carbonyl (C=O) groups is 2. The zero-order chi connectivity index (χ0) is 20.7. The Labute approximate surface area is 167 Å². The van der Waals surface area contributed by atoms with Gasteiger partial charge in [-0.1, -0.05) is 13.8 Å². The van der Waals surface area contributed by atoms with E-state index in [1.54, 1.807) is 32.6 Å². The predicted octanol–water partition coefficient (Wildman–Crippen LogP) is 0.479. The Kier molecular flexibility index (Phi) is 4.57. The second kappa shape index (κ2) is 7.08. The van der Waals surface area contributed by atoms with Crippen molar-refractivity contribution < 1.29 is 9.59 Å². The number of carbonyl (C=O) groups excluding carboxylic acids is 2. The van der Waals surface area contributed by atoms with Crippen LogP contribution in [-0.2, 0) is 11.8 Å². The van der Waals surface area contributed by atoms with Gasteiger partial charge < -0.3 is 15.5 Å². The summed E-state index contributed by atoms with van der Waals surface area (Å²) in [6.07, 6.45) is 5.34. The number of urea groups is 1. The van der Waals surface area contributed by atoms with Crippen molar-refractivity contribution >= 4 is 29.2 Å². The van der Waals surface area contributed by atoms with E-state index in [2.05, 4.69) is 15.5 Å². The molecular formula is C18H23N9O2. The third-order valence-electron chi connectivity index (χ3n) is 5.00. The Hall–Kier alpha value is -3.63. The molecule has 1 atom stereocenters. The van der Waals surface area contributed by atoms with Crippen LogP contribution < -0.4 is 16.0 Å². The SMILES string of the molecule is CC.Cn1cc(-c2cnn3c(N)cc(N4CCN5C(=O)NC(=O)C5C4)nc23)cn1. The maximum atomic E-state index is 12.0. The predicted molar refractivity (Wildman–Crippen MR) is 107 cm³/mol. The lowest BCUT2D eigenvalue weighted by Crippen LogP contribution is -2.53. The summed E-state index contributed by atoms with van der Waals surface area (Å²) in [5.41, 5.74) is 8.52. The Morgan fingerprint density at radius 1 is 1.17 bits per heavy atom. The molecule has 0 saturated carbocycles. The zero-order valence-corrected chi connectivity index (χ0v) is 16.5. The molecule has 0 aliphatic carbocycles. The number of nitrogens with one attached hydrogen (secondary N) is 1. The fourth-order valence-electron chi connectivity index (χ4n) is 3.62. The second-order valence-corrected chi connectivity index (χ2v) is 6.69. The molecule has 11 heteroatoms. The van der Waals surface area contributed by atoms with Gasteiger partial charge in [-0.3, -0.25) is 14.8 Å². The number of aromatic nitrogens is 5. The standard InChI is InChI=1S/C16H17N9O2.C2H6/c1-22-7-9(5-18-22)10-6-19-25-12(17)4-13(20-14(10)25)23-2-3-24-11(8-23)15(26)21-16(24)27;1-2/h4-7,11H,2-3,8,17H2,1H3,(H,21,26,27);1-2H3. The van der Waals surface area contributed by atoms with E-state index in [1.165, 1.54) is 0 Å². The Balaban J connectivity index is 0.000000994. The number of rotatable bonds is 2. The van der Waals surface area contributed by atoms with Crippen LogP contribution in [0, 0.1) is 0 Å². The normalized spacial score (nSPS) is 18.5. The van der Waals surface area contributed by atoms with Gasteiger partial charge in [-0.2, -0.15) is 14.7 Å². The number of nitrogens with two attached hydrogens (primary N) is 1. The summed E-state index contributed by atoms with van der Waals surface area (Å²) in [7, 11) is 1.84. The van der Waals surface area contributed by atoms with Crippen LogP contribution in [-0.4, -0.2) is 66.9 Å². The highest BCUT2D eigenvalue weighted by Crippen LogP contribution is 2.28. The summed E-state index contributed by atoms with van der Waals surface area (Å²) in [6, 6.07) is 0.896. The fourth-order valence-corrected chi connectivity index (χ4v) is 3.62. The smallest absolute Gasteiger partial charge is 0.324 e. The number of imide groups is 1. The monoisotopic (exact) mass is 397 g/mol. The van der Waals surface area contributed by atoms with Crippen molar-refractivity contribution in [3.63, 3.8) is 0 Å². The number of aryl methyl sites for hydroxylation is 1. The van der Waals surface area contributed by atoms with Crippen molar-refractivity contribution in [2.45, 2.75) is 19.9 Å². The maximum absolute atomic E-state index is 12.0. The Bertz CT molecular complexity index is 1090. The molecule has 0 spiro atoms. The molecule has 3 N–H and O–H groups in total. The van der Waals surface area contributed by atoms with Gasteiger partial charge in [-0.15, -0.1) is 0 Å². The molecular weight excluding hydrogens is 374 g/mol. The highest BCUT2D eigenvalue weighted by molar-refractivity contribution is 6.04. The second-order valence-electron chi connectivity index (χ2n) is 6.69. The molecule has 0 aromatic carbocycles. The van der Waals surface area contributed by atoms with Crippen LogP contribution in [0.5, 0.6) is 0 Å². The highest BCUT2D eigenvalue weighted by atomic mass is 16.2. The number of hydrogen-bond donors (Lipinski definition) is 2. The first-order valence-electron chi connectivity index (χ1n) is 9.51. The van der Waals surface area contributed by atoms with Crippen LogP contribution in [0.4, 0.5) is 16.4 Å². The van der Waals surface area contributed by atoms with Crippen molar-refractivity contribution in [3.05, 3.63) is 24.7 Å². The summed E-state index contributed by atoms with van der Waals surface area (Å²) in [5.74, 6) is 0.816. The lowest BCUT2D eigenvalue weighted by Gasteiger charge is -2.36. The summed E-state index contributed by atoms with van der Waals surface area (Å²) in [4.78, 5) is 32.0. The molecule has 5 heterocycles. The van der Waals surface area contributed by atoms with E-state index in [9.17, 15) is 9.59 Å². The van der Waals surface area contributed by atoms with Gasteiger partial charge in [0.25, 0.3) is 5.91 Å². The molecule has 1 unspecified atom stereocenters. The minimum atomic E-state index is -0.506. The molecule has 0 bridgehead atoms. The lowest BCUT2D eigenvalue weighted by molar-refractivity contribution is -0.121. The summed E-state index contributed by atoms with van der Waals surface area (Å²) in [5, 5.41) is 10.9. The van der Waals surface area contributed by atoms with E-state index < -0.39 is 6.04 Å². The third-order valence-corrected chi connectivity index (χ3v) is 5.00. The number of anilines is 2. The minimum Gasteiger partial charge on any atom is -0.383 e. The number of fused-ring (bicyclic) bond motifs is 2. The first kappa shape index (κ1) is 18.7. The van der Waals surface area contributed by atoms with E-state index in [0.29, 0.717) is 36.9 Å². The van der Waals surface area contributed by atoms with Crippen LogP contribution in [0.15, 0.2) is 24.7 Å². The summed E-state index contributed by atoms with van der Waals surface area (Å²) in [6.45, 7) is 5.39. The van der Waals surface area contributed by atoms with Gasteiger partial charge in [0.1, 0.15) is 17.7 Å². The molecule has 5 rings (SSSR count). The van der Waals surface area contributed by atoms with Crippen LogP contribution >= 0.6 is 0 Å². The molecule has 2 saturated heterocycles. The fraction of sp³-hybridized carbons (Fsp3) is 0.389. The molecule has 3 aromatic rings. The van der Waals surface area contributed by atoms with Gasteiger partial charge in [0.15, 0.2) is 5.65 Å². The number of hydrogen-bond acceptors (Lipinski definition) is 7. The van der Waals surface area contributed by atoms with Crippen LogP contribution in [0.25, 0.3) is 16.8 Å². The Morgan fingerprint density at radius 3 is 2.69 bits per heavy atom. The average Bonchev–Trinajstić information content (AvgIpc) is 3.41. The zero-order valence-electron chi connectivity index (χ0n) is 16.5. The van der Waals surface area contributed by atoms with Gasteiger partial charge >= 0.3 is 6.03 Å². The van der Waals surface area contributed by atoms with E-state index in [0.717, 1.165) is 11.1 Å². The van der Waals surface area contributed by atoms with E-state index in [-0.39, 0.29) is 11.9 Å². The summed E-state index contributed by atoms with van der Waals surface area (Å²) >= 11 is 0. The number of nitrogen functional groups attached to an aromatic ring is 1. The van der Waals surface area contributed by atoms with Gasteiger partial charge in [-0.05, 0) is 0 Å². The van der Waals surface area contributed by atoms with Crippen molar-refractivity contribution in [3.8, 4) is 11.1 Å². The molecule has 2 fully saturated rings. The van der Waals surface area contributed by atoms with Gasteiger partial charge in [0.2, 0.25) is 0 Å². The van der Waals surface area contributed by atoms with Crippen LogP contribution in [0.1, 0.15) is 13.8 Å². The molecule has 3 amide bonds. The van der Waals surface area contributed by atoms with E-state index in [1.807, 2.05) is 32.0 Å². The molecule has 2 aliphatic rings. The van der Waals surface area contributed by atoms with Gasteiger partial charge in [-0.25, -0.2) is 9.78 Å². The van der Waals surface area contributed by atoms with Crippen molar-refractivity contribution in [2.24, 2.45) is 7.05 Å². The lowest BCUT2D eigenvalue weighted by atomic mass is 10.2. The third kappa shape index (κ3) is 3.04. The number of amides is 3. The summed E-state index contributed by atoms with van der Waals surface area (Å²) < 4.78 is 3.29. The molecule has 11 nitrogen and oxygen atoms in total. The largest absolute Gasteiger partial charge is 0.383 e. The first-order valence-corrected chi connectivity index (χ1v) is 9.51. The van der Waals surface area contributed by atoms with Gasteiger partial charge in [0.05, 0.1) is 12.4 Å². The van der Waals surface area contributed by atoms with Crippen LogP contribution in [0.3, 0.4) is 0 Å². The van der Waals surface area contributed by atoms with E-state index >= 15 is 0 Å². The molecule has 0 radical (unpaired) electrons.